The molecule has 1 aliphatic heterocycles. The molecule has 1 N–H and O–H groups in total. The van der Waals surface area contributed by atoms with Gasteiger partial charge in [-0.2, -0.15) is 10.4 Å². The highest BCUT2D eigenvalue weighted by Crippen LogP contribution is 2.20. The minimum absolute atomic E-state index is 0.669. The molecular weight excluding hydrogens is 226 g/mol. The number of rotatable bonds is 4. The molecule has 1 aromatic heterocycles. The van der Waals surface area contributed by atoms with Crippen LogP contribution in [0, 0.1) is 24.2 Å². The normalized spacial score (nSPS) is 20.0. The zero-order valence-electron chi connectivity index (χ0n) is 11.4. The highest BCUT2D eigenvalue weighted by atomic mass is 15.3. The number of likely N-dealkylation sites (tertiary alicyclic amines) is 1. The van der Waals surface area contributed by atoms with E-state index in [1.54, 1.807) is 4.68 Å². The first-order valence-corrected chi connectivity index (χ1v) is 6.55. The number of aromatic nitrogens is 2. The van der Waals surface area contributed by atoms with Crippen LogP contribution < -0.4 is 5.32 Å². The monoisotopic (exact) mass is 247 g/mol. The maximum atomic E-state index is 9.13. The summed E-state index contributed by atoms with van der Waals surface area (Å²) in [7, 11) is 1.88. The Morgan fingerprint density at radius 2 is 2.33 bits per heavy atom. The molecule has 1 saturated heterocycles. The number of hydrogen-bond donors (Lipinski definition) is 1. The van der Waals surface area contributed by atoms with E-state index in [-0.39, 0.29) is 0 Å². The Hall–Kier alpha value is -1.54. The fourth-order valence-electron chi connectivity index (χ4n) is 2.60. The van der Waals surface area contributed by atoms with Crippen molar-refractivity contribution >= 4 is 5.82 Å². The second-order valence-electron chi connectivity index (χ2n) is 4.97. The van der Waals surface area contributed by atoms with Crippen molar-refractivity contribution in [2.24, 2.45) is 13.0 Å². The molecule has 98 valence electrons. The van der Waals surface area contributed by atoms with Crippen LogP contribution in [0.4, 0.5) is 5.82 Å². The van der Waals surface area contributed by atoms with Gasteiger partial charge in [0.25, 0.3) is 0 Å². The van der Waals surface area contributed by atoms with Crippen molar-refractivity contribution in [2.75, 3.05) is 31.5 Å². The predicted octanol–water partition coefficient (Wildman–Crippen LogP) is 1.35. The second-order valence-corrected chi connectivity index (χ2v) is 4.97. The molecule has 1 unspecified atom stereocenters. The third-order valence-corrected chi connectivity index (χ3v) is 3.71. The maximum absolute atomic E-state index is 9.13. The molecule has 0 aromatic carbocycles. The summed E-state index contributed by atoms with van der Waals surface area (Å²) < 4.78 is 1.76. The Balaban J connectivity index is 1.97. The van der Waals surface area contributed by atoms with E-state index in [2.05, 4.69) is 28.3 Å². The minimum Gasteiger partial charge on any atom is -0.369 e. The molecule has 0 saturated carbocycles. The topological polar surface area (TPSA) is 56.9 Å². The van der Waals surface area contributed by atoms with Gasteiger partial charge in [0, 0.05) is 20.1 Å². The Morgan fingerprint density at radius 1 is 1.56 bits per heavy atom. The third-order valence-electron chi connectivity index (χ3n) is 3.71. The Bertz CT molecular complexity index is 457. The van der Waals surface area contributed by atoms with Crippen molar-refractivity contribution in [2.45, 2.75) is 20.3 Å². The van der Waals surface area contributed by atoms with Crippen molar-refractivity contribution in [3.05, 3.63) is 11.3 Å². The van der Waals surface area contributed by atoms with Crippen molar-refractivity contribution in [3.8, 4) is 6.07 Å². The molecule has 1 fully saturated rings. The smallest absolute Gasteiger partial charge is 0.142 e. The highest BCUT2D eigenvalue weighted by Gasteiger charge is 2.22. The summed E-state index contributed by atoms with van der Waals surface area (Å²) in [5, 5.41) is 16.8. The molecule has 0 amide bonds. The third kappa shape index (κ3) is 2.49. The second kappa shape index (κ2) is 5.40. The lowest BCUT2D eigenvalue weighted by molar-refractivity contribution is 0.345. The van der Waals surface area contributed by atoms with E-state index in [9.17, 15) is 0 Å². The van der Waals surface area contributed by atoms with Gasteiger partial charge in [0.05, 0.1) is 5.69 Å². The van der Waals surface area contributed by atoms with Gasteiger partial charge in [-0.25, -0.2) is 0 Å². The standard InChI is InChI=1S/C13H21N5/c1-4-18-6-5-11(9-18)8-15-13-12(7-14)10(2)16-17(13)3/h11,15H,4-6,8-9H2,1-3H3. The lowest BCUT2D eigenvalue weighted by Crippen LogP contribution is -2.23. The van der Waals surface area contributed by atoms with Gasteiger partial charge in [-0.05, 0) is 32.4 Å². The number of nitrogens with zero attached hydrogens (tertiary/aromatic N) is 4. The van der Waals surface area contributed by atoms with Crippen LogP contribution in [0.1, 0.15) is 24.6 Å². The average molecular weight is 247 g/mol. The van der Waals surface area contributed by atoms with Crippen molar-refractivity contribution in [1.29, 1.82) is 5.26 Å². The molecule has 0 radical (unpaired) electrons. The van der Waals surface area contributed by atoms with Crippen LogP contribution in [-0.2, 0) is 7.05 Å². The average Bonchev–Trinajstić information content (AvgIpc) is 2.91. The zero-order valence-corrected chi connectivity index (χ0v) is 11.4. The Labute approximate surface area is 108 Å². The number of hydrogen-bond acceptors (Lipinski definition) is 4. The van der Waals surface area contributed by atoms with E-state index in [1.165, 1.54) is 13.0 Å². The van der Waals surface area contributed by atoms with Crippen molar-refractivity contribution in [3.63, 3.8) is 0 Å². The highest BCUT2D eigenvalue weighted by molar-refractivity contribution is 5.54. The molecule has 0 bridgehead atoms. The van der Waals surface area contributed by atoms with Gasteiger partial charge in [-0.15, -0.1) is 0 Å². The maximum Gasteiger partial charge on any atom is 0.142 e. The van der Waals surface area contributed by atoms with Gasteiger partial charge < -0.3 is 10.2 Å². The van der Waals surface area contributed by atoms with E-state index in [1.807, 2.05) is 14.0 Å². The first-order valence-electron chi connectivity index (χ1n) is 6.55. The molecular formula is C13H21N5. The fourth-order valence-corrected chi connectivity index (χ4v) is 2.60. The molecule has 2 rings (SSSR count). The first-order chi connectivity index (χ1) is 8.65. The molecule has 18 heavy (non-hydrogen) atoms. The van der Waals surface area contributed by atoms with Gasteiger partial charge >= 0.3 is 0 Å². The number of anilines is 1. The lowest BCUT2D eigenvalue weighted by Gasteiger charge is -2.14. The van der Waals surface area contributed by atoms with Gasteiger partial charge in [-0.1, -0.05) is 6.92 Å². The number of aryl methyl sites for hydroxylation is 2. The van der Waals surface area contributed by atoms with Gasteiger partial charge in [0.15, 0.2) is 0 Å². The first kappa shape index (κ1) is 12.9. The Kier molecular flexibility index (Phi) is 3.87. The molecule has 5 heteroatoms. The van der Waals surface area contributed by atoms with Gasteiger partial charge in [-0.3, -0.25) is 4.68 Å². The van der Waals surface area contributed by atoms with Gasteiger partial charge in [0.1, 0.15) is 17.5 Å². The van der Waals surface area contributed by atoms with E-state index in [0.29, 0.717) is 11.5 Å². The predicted molar refractivity (Wildman–Crippen MR) is 71.4 cm³/mol. The molecule has 2 heterocycles. The van der Waals surface area contributed by atoms with Crippen molar-refractivity contribution < 1.29 is 0 Å². The summed E-state index contributed by atoms with van der Waals surface area (Å²) in [6.07, 6.45) is 1.24. The summed E-state index contributed by atoms with van der Waals surface area (Å²) in [4.78, 5) is 2.46. The van der Waals surface area contributed by atoms with Gasteiger partial charge in [0.2, 0.25) is 0 Å². The van der Waals surface area contributed by atoms with E-state index in [4.69, 9.17) is 5.26 Å². The quantitative estimate of drug-likeness (QED) is 0.872. The summed E-state index contributed by atoms with van der Waals surface area (Å²) in [6, 6.07) is 2.22. The van der Waals surface area contributed by atoms with Crippen LogP contribution in [0.2, 0.25) is 0 Å². The molecule has 5 nitrogen and oxygen atoms in total. The van der Waals surface area contributed by atoms with Crippen molar-refractivity contribution in [1.82, 2.24) is 14.7 Å². The summed E-state index contributed by atoms with van der Waals surface area (Å²) in [5.41, 5.74) is 1.46. The van der Waals surface area contributed by atoms with Crippen LogP contribution in [0.5, 0.6) is 0 Å². The summed E-state index contributed by atoms with van der Waals surface area (Å²) in [5.74, 6) is 1.52. The van der Waals surface area contributed by atoms with E-state index in [0.717, 1.165) is 31.1 Å². The van der Waals surface area contributed by atoms with Crippen LogP contribution in [0.3, 0.4) is 0 Å². The molecule has 1 aliphatic rings. The fraction of sp³-hybridized carbons (Fsp3) is 0.692. The molecule has 1 atom stereocenters. The summed E-state index contributed by atoms with van der Waals surface area (Å²) in [6.45, 7) is 8.47. The van der Waals surface area contributed by atoms with Crippen LogP contribution in [0.25, 0.3) is 0 Å². The molecule has 0 spiro atoms. The van der Waals surface area contributed by atoms with Crippen LogP contribution >= 0.6 is 0 Å². The van der Waals surface area contributed by atoms with Crippen LogP contribution in [-0.4, -0.2) is 40.9 Å². The van der Waals surface area contributed by atoms with E-state index >= 15 is 0 Å². The summed E-state index contributed by atoms with van der Waals surface area (Å²) >= 11 is 0. The van der Waals surface area contributed by atoms with E-state index < -0.39 is 0 Å². The SMILES string of the molecule is CCN1CCC(CNc2c(C#N)c(C)nn2C)C1. The minimum atomic E-state index is 0.669. The largest absolute Gasteiger partial charge is 0.369 e. The number of nitrogens with one attached hydrogen (secondary N) is 1. The molecule has 1 aromatic rings. The number of nitriles is 1. The Morgan fingerprint density at radius 3 is 2.94 bits per heavy atom. The zero-order chi connectivity index (χ0) is 13.1. The molecule has 0 aliphatic carbocycles. The van der Waals surface area contributed by atoms with Crippen LogP contribution in [0.15, 0.2) is 0 Å². The lowest BCUT2D eigenvalue weighted by atomic mass is 10.1.